The smallest absolute Gasteiger partial charge is 0.143 e. The fourth-order valence-electron chi connectivity index (χ4n) is 2.99. The lowest BCUT2D eigenvalue weighted by Crippen LogP contribution is -2.31. The highest BCUT2D eigenvalue weighted by molar-refractivity contribution is 5.37. The van der Waals surface area contributed by atoms with Crippen LogP contribution in [-0.4, -0.2) is 32.9 Å². The Hall–Kier alpha value is -2.73. The first-order chi connectivity index (χ1) is 11.8. The van der Waals surface area contributed by atoms with Crippen molar-refractivity contribution in [1.29, 1.82) is 0 Å². The van der Waals surface area contributed by atoms with E-state index in [-0.39, 0.29) is 12.1 Å². The normalized spacial score (nSPS) is 17.3. The van der Waals surface area contributed by atoms with E-state index < -0.39 is 0 Å². The molecule has 1 N–H and O–H groups in total. The van der Waals surface area contributed by atoms with Crippen molar-refractivity contribution in [2.24, 2.45) is 0 Å². The van der Waals surface area contributed by atoms with Gasteiger partial charge >= 0.3 is 0 Å². The molecule has 0 radical (unpaired) electrons. The Morgan fingerprint density at radius 2 is 2.04 bits per heavy atom. The van der Waals surface area contributed by atoms with Crippen molar-refractivity contribution < 1.29 is 4.74 Å². The zero-order valence-corrected chi connectivity index (χ0v) is 13.5. The fraction of sp³-hybridized carbons (Fsp3) is 0.278. The van der Waals surface area contributed by atoms with Crippen molar-refractivity contribution in [3.8, 4) is 11.4 Å². The number of nitrogens with one attached hydrogen (secondary N) is 1. The highest BCUT2D eigenvalue weighted by atomic mass is 16.5. The second-order valence-electron chi connectivity index (χ2n) is 6.03. The van der Waals surface area contributed by atoms with Gasteiger partial charge in [0.25, 0.3) is 0 Å². The van der Waals surface area contributed by atoms with Gasteiger partial charge in [0.2, 0.25) is 0 Å². The van der Waals surface area contributed by atoms with Crippen LogP contribution >= 0.6 is 0 Å². The van der Waals surface area contributed by atoms with E-state index in [0.717, 1.165) is 24.4 Å². The maximum Gasteiger partial charge on any atom is 0.143 e. The zero-order chi connectivity index (χ0) is 16.4. The SMILES string of the molecule is C[C@@H](NC[C@@H]1Cc2ccccc2O1)c1ccc(-n2cnnn2)cc1. The summed E-state index contributed by atoms with van der Waals surface area (Å²) in [7, 11) is 0. The Bertz CT molecular complexity index is 776. The third kappa shape index (κ3) is 3.00. The minimum absolute atomic E-state index is 0.199. The number of ether oxygens (including phenoxy) is 1. The van der Waals surface area contributed by atoms with Crippen LogP contribution in [0.3, 0.4) is 0 Å². The molecule has 0 amide bonds. The van der Waals surface area contributed by atoms with Crippen LogP contribution in [0.15, 0.2) is 54.9 Å². The third-order valence-corrected chi connectivity index (χ3v) is 4.37. The van der Waals surface area contributed by atoms with Gasteiger partial charge in [0.05, 0.1) is 5.69 Å². The van der Waals surface area contributed by atoms with E-state index >= 15 is 0 Å². The van der Waals surface area contributed by atoms with E-state index in [1.54, 1.807) is 11.0 Å². The summed E-state index contributed by atoms with van der Waals surface area (Å²) in [5.74, 6) is 1.02. The van der Waals surface area contributed by atoms with Gasteiger partial charge in [0.1, 0.15) is 18.2 Å². The maximum absolute atomic E-state index is 5.97. The summed E-state index contributed by atoms with van der Waals surface area (Å²) < 4.78 is 7.62. The van der Waals surface area contributed by atoms with E-state index in [0.29, 0.717) is 0 Å². The quantitative estimate of drug-likeness (QED) is 0.781. The van der Waals surface area contributed by atoms with E-state index in [4.69, 9.17) is 4.74 Å². The summed E-state index contributed by atoms with van der Waals surface area (Å²) in [5, 5.41) is 14.8. The molecule has 24 heavy (non-hydrogen) atoms. The van der Waals surface area contributed by atoms with Crippen LogP contribution in [0.4, 0.5) is 0 Å². The minimum Gasteiger partial charge on any atom is -0.488 e. The molecule has 6 nitrogen and oxygen atoms in total. The standard InChI is InChI=1S/C18H19N5O/c1-13(14-6-8-16(9-7-14)23-12-20-21-22-23)19-11-17-10-15-4-2-3-5-18(15)24-17/h2-9,12-13,17,19H,10-11H2,1H3/t13-,17+/m1/s1. The van der Waals surface area contributed by atoms with Crippen LogP contribution in [0, 0.1) is 0 Å². The molecule has 4 rings (SSSR count). The van der Waals surface area contributed by atoms with Gasteiger partial charge in [-0.1, -0.05) is 30.3 Å². The average Bonchev–Trinajstić information content (AvgIpc) is 3.29. The molecule has 0 saturated carbocycles. The molecule has 1 aliphatic heterocycles. The van der Waals surface area contributed by atoms with E-state index in [1.807, 2.05) is 24.3 Å². The Morgan fingerprint density at radius 1 is 1.21 bits per heavy atom. The molecule has 3 aromatic rings. The Kier molecular flexibility index (Phi) is 3.96. The molecule has 6 heteroatoms. The molecule has 0 fully saturated rings. The van der Waals surface area contributed by atoms with Gasteiger partial charge in [-0.3, -0.25) is 0 Å². The fourth-order valence-corrected chi connectivity index (χ4v) is 2.99. The lowest BCUT2D eigenvalue weighted by Gasteiger charge is -2.18. The summed E-state index contributed by atoms with van der Waals surface area (Å²) in [5.41, 5.74) is 3.47. The number of rotatable bonds is 5. The largest absolute Gasteiger partial charge is 0.488 e. The number of hydrogen-bond donors (Lipinski definition) is 1. The van der Waals surface area contributed by atoms with Gasteiger partial charge in [0, 0.05) is 19.0 Å². The van der Waals surface area contributed by atoms with Crippen LogP contribution in [0.5, 0.6) is 5.75 Å². The van der Waals surface area contributed by atoms with Gasteiger partial charge in [0.15, 0.2) is 0 Å². The van der Waals surface area contributed by atoms with Gasteiger partial charge in [-0.25, -0.2) is 4.68 Å². The number of tetrazole rings is 1. The second kappa shape index (κ2) is 6.41. The highest BCUT2D eigenvalue weighted by Gasteiger charge is 2.22. The molecule has 0 aliphatic carbocycles. The van der Waals surface area contributed by atoms with Crippen molar-refractivity contribution in [3.05, 3.63) is 66.0 Å². The average molecular weight is 321 g/mol. The first-order valence-electron chi connectivity index (χ1n) is 8.11. The monoisotopic (exact) mass is 321 g/mol. The molecule has 2 aromatic carbocycles. The van der Waals surface area contributed by atoms with E-state index in [1.165, 1.54) is 11.1 Å². The van der Waals surface area contributed by atoms with Gasteiger partial charge in [-0.05, 0) is 46.7 Å². The Labute approximate surface area is 140 Å². The van der Waals surface area contributed by atoms with Crippen LogP contribution in [0.25, 0.3) is 5.69 Å². The van der Waals surface area contributed by atoms with Gasteiger partial charge in [-0.15, -0.1) is 5.10 Å². The molecule has 0 spiro atoms. The Morgan fingerprint density at radius 3 is 2.79 bits per heavy atom. The van der Waals surface area contributed by atoms with Crippen LogP contribution < -0.4 is 10.1 Å². The number of aromatic nitrogens is 4. The van der Waals surface area contributed by atoms with Crippen LogP contribution in [0.2, 0.25) is 0 Å². The zero-order valence-electron chi connectivity index (χ0n) is 13.5. The molecule has 1 aromatic heterocycles. The number of para-hydroxylation sites is 1. The minimum atomic E-state index is 0.199. The summed E-state index contributed by atoms with van der Waals surface area (Å²) in [6.45, 7) is 2.98. The predicted molar refractivity (Wildman–Crippen MR) is 90.1 cm³/mol. The van der Waals surface area contributed by atoms with Crippen molar-refractivity contribution in [2.45, 2.75) is 25.5 Å². The first-order valence-corrected chi connectivity index (χ1v) is 8.11. The van der Waals surface area contributed by atoms with E-state index in [9.17, 15) is 0 Å². The van der Waals surface area contributed by atoms with Crippen LogP contribution in [-0.2, 0) is 6.42 Å². The second-order valence-corrected chi connectivity index (χ2v) is 6.03. The molecule has 0 bridgehead atoms. The first kappa shape index (κ1) is 14.8. The van der Waals surface area contributed by atoms with Crippen LogP contribution in [0.1, 0.15) is 24.1 Å². The summed E-state index contributed by atoms with van der Waals surface area (Å²) >= 11 is 0. The summed E-state index contributed by atoms with van der Waals surface area (Å²) in [4.78, 5) is 0. The van der Waals surface area contributed by atoms with Crippen molar-refractivity contribution in [1.82, 2.24) is 25.5 Å². The number of hydrogen-bond acceptors (Lipinski definition) is 5. The van der Waals surface area contributed by atoms with Crippen molar-refractivity contribution in [2.75, 3.05) is 6.54 Å². The molecule has 0 unspecified atom stereocenters. The highest BCUT2D eigenvalue weighted by Crippen LogP contribution is 2.28. The molecule has 0 saturated heterocycles. The number of nitrogens with zero attached hydrogens (tertiary/aromatic N) is 4. The lowest BCUT2D eigenvalue weighted by molar-refractivity contribution is 0.222. The predicted octanol–water partition coefficient (Wildman–Crippen LogP) is 2.32. The lowest BCUT2D eigenvalue weighted by atomic mass is 10.1. The van der Waals surface area contributed by atoms with Gasteiger partial charge < -0.3 is 10.1 Å². The van der Waals surface area contributed by atoms with Crippen molar-refractivity contribution in [3.63, 3.8) is 0 Å². The molecule has 2 heterocycles. The topological polar surface area (TPSA) is 64.9 Å². The number of benzene rings is 2. The molecule has 122 valence electrons. The van der Waals surface area contributed by atoms with Crippen molar-refractivity contribution >= 4 is 0 Å². The maximum atomic E-state index is 5.97. The molecular formula is C18H19N5O. The summed E-state index contributed by atoms with van der Waals surface area (Å²) in [6, 6.07) is 16.7. The molecule has 2 atom stereocenters. The summed E-state index contributed by atoms with van der Waals surface area (Å²) in [6.07, 6.45) is 2.75. The number of fused-ring (bicyclic) bond motifs is 1. The third-order valence-electron chi connectivity index (χ3n) is 4.37. The van der Waals surface area contributed by atoms with Gasteiger partial charge in [-0.2, -0.15) is 0 Å². The van der Waals surface area contributed by atoms with E-state index in [2.05, 4.69) is 52.0 Å². The Balaban J connectivity index is 1.34. The molecular weight excluding hydrogens is 302 g/mol. The molecule has 1 aliphatic rings.